The molecule has 1 amide bonds. The molecule has 1 fully saturated rings. The van der Waals surface area contributed by atoms with Gasteiger partial charge in [-0.05, 0) is 74.5 Å². The summed E-state index contributed by atoms with van der Waals surface area (Å²) in [4.78, 5) is 22.0. The highest BCUT2D eigenvalue weighted by atomic mass is 16.2. The largest absolute Gasteiger partial charge is 0.337 e. The lowest BCUT2D eigenvalue weighted by Gasteiger charge is -2.40. The van der Waals surface area contributed by atoms with Gasteiger partial charge in [0.15, 0.2) is 0 Å². The van der Waals surface area contributed by atoms with Gasteiger partial charge in [0.25, 0.3) is 5.91 Å². The second-order valence-electron chi connectivity index (χ2n) is 8.94. The minimum Gasteiger partial charge on any atom is -0.337 e. The average Bonchev–Trinajstić information content (AvgIpc) is 3.16. The maximum atomic E-state index is 13.4. The van der Waals surface area contributed by atoms with E-state index in [0.717, 1.165) is 44.6 Å². The van der Waals surface area contributed by atoms with Crippen molar-refractivity contribution in [3.8, 4) is 0 Å². The van der Waals surface area contributed by atoms with Crippen molar-refractivity contribution < 1.29 is 4.79 Å². The molecule has 168 valence electrons. The molecule has 1 aliphatic rings. The number of rotatable bonds is 7. The van der Waals surface area contributed by atoms with Gasteiger partial charge in [0.2, 0.25) is 0 Å². The van der Waals surface area contributed by atoms with Gasteiger partial charge in [0.05, 0.1) is 5.69 Å². The molecule has 3 heterocycles. The summed E-state index contributed by atoms with van der Waals surface area (Å²) in [6.45, 7) is 4.98. The summed E-state index contributed by atoms with van der Waals surface area (Å²) < 4.78 is 1.70. The normalized spacial score (nSPS) is 16.1. The van der Waals surface area contributed by atoms with Crippen molar-refractivity contribution >= 4 is 5.91 Å². The van der Waals surface area contributed by atoms with Gasteiger partial charge in [-0.25, -0.2) is 0 Å². The number of carbonyl (C=O) groups excluding carboxylic acids is 1. The smallest absolute Gasteiger partial charge is 0.272 e. The van der Waals surface area contributed by atoms with Crippen LogP contribution in [0.1, 0.15) is 40.2 Å². The standard InChI is InChI=1S/C26H33N5O/c1-20-17-25(30(3)28-20)26(32)29(2)24(18-21-7-5-4-6-8-21)23-11-15-31(16-12-23)19-22-9-13-27-14-10-22/h4-10,13-14,17,23-24H,11-12,15-16,18-19H2,1-3H3/t24-/m1/s1. The predicted molar refractivity (Wildman–Crippen MR) is 126 cm³/mol. The Balaban J connectivity index is 1.48. The summed E-state index contributed by atoms with van der Waals surface area (Å²) in [7, 11) is 3.81. The van der Waals surface area contributed by atoms with E-state index >= 15 is 0 Å². The molecule has 0 saturated carbocycles. The van der Waals surface area contributed by atoms with Crippen molar-refractivity contribution in [3.63, 3.8) is 0 Å². The zero-order valence-corrected chi connectivity index (χ0v) is 19.3. The molecule has 0 unspecified atom stereocenters. The number of nitrogens with zero attached hydrogens (tertiary/aromatic N) is 5. The minimum absolute atomic E-state index is 0.0493. The number of likely N-dealkylation sites (tertiary alicyclic amines) is 1. The van der Waals surface area contributed by atoms with E-state index < -0.39 is 0 Å². The Bertz CT molecular complexity index is 1010. The molecule has 0 radical (unpaired) electrons. The molecular weight excluding hydrogens is 398 g/mol. The first-order valence-electron chi connectivity index (χ1n) is 11.4. The number of hydrogen-bond acceptors (Lipinski definition) is 4. The Kier molecular flexibility index (Phi) is 7.00. The lowest BCUT2D eigenvalue weighted by atomic mass is 9.84. The van der Waals surface area contributed by atoms with Crippen LogP contribution >= 0.6 is 0 Å². The van der Waals surface area contributed by atoms with Gasteiger partial charge in [-0.1, -0.05) is 30.3 Å². The lowest BCUT2D eigenvalue weighted by Crippen LogP contribution is -2.47. The third kappa shape index (κ3) is 5.25. The molecule has 6 heteroatoms. The Morgan fingerprint density at radius 3 is 2.41 bits per heavy atom. The molecule has 0 aliphatic carbocycles. The zero-order chi connectivity index (χ0) is 22.5. The number of likely N-dealkylation sites (N-methyl/N-ethyl adjacent to an activating group) is 1. The first-order chi connectivity index (χ1) is 15.5. The first kappa shape index (κ1) is 22.2. The quantitative estimate of drug-likeness (QED) is 0.572. The van der Waals surface area contributed by atoms with Crippen LogP contribution in [0.4, 0.5) is 0 Å². The molecule has 0 N–H and O–H groups in total. The Morgan fingerprint density at radius 2 is 1.78 bits per heavy atom. The van der Waals surface area contributed by atoms with Crippen LogP contribution in [0.15, 0.2) is 60.9 Å². The summed E-state index contributed by atoms with van der Waals surface area (Å²) in [5.74, 6) is 0.514. The fourth-order valence-corrected chi connectivity index (χ4v) is 4.86. The Morgan fingerprint density at radius 1 is 1.09 bits per heavy atom. The molecule has 4 rings (SSSR count). The summed E-state index contributed by atoms with van der Waals surface area (Å²) >= 11 is 0. The maximum Gasteiger partial charge on any atom is 0.272 e. The lowest BCUT2D eigenvalue weighted by molar-refractivity contribution is 0.0575. The van der Waals surface area contributed by atoms with Crippen molar-refractivity contribution in [1.82, 2.24) is 24.6 Å². The van der Waals surface area contributed by atoms with Gasteiger partial charge in [-0.15, -0.1) is 0 Å². The van der Waals surface area contributed by atoms with E-state index in [1.807, 2.05) is 50.4 Å². The van der Waals surface area contributed by atoms with Crippen molar-refractivity contribution in [1.29, 1.82) is 0 Å². The van der Waals surface area contributed by atoms with Gasteiger partial charge < -0.3 is 4.90 Å². The third-order valence-corrected chi connectivity index (χ3v) is 6.66. The molecule has 1 aliphatic heterocycles. The highest BCUT2D eigenvalue weighted by molar-refractivity contribution is 5.92. The second-order valence-corrected chi connectivity index (χ2v) is 8.94. The number of amides is 1. The van der Waals surface area contributed by atoms with Crippen LogP contribution in [0, 0.1) is 12.8 Å². The van der Waals surface area contributed by atoms with Crippen LogP contribution < -0.4 is 0 Å². The molecule has 6 nitrogen and oxygen atoms in total. The van der Waals surface area contributed by atoms with Crippen molar-refractivity contribution in [2.75, 3.05) is 20.1 Å². The average molecular weight is 432 g/mol. The monoisotopic (exact) mass is 431 g/mol. The van der Waals surface area contributed by atoms with E-state index in [2.05, 4.69) is 51.4 Å². The zero-order valence-electron chi connectivity index (χ0n) is 19.3. The number of pyridine rings is 1. The fourth-order valence-electron chi connectivity index (χ4n) is 4.86. The maximum absolute atomic E-state index is 13.4. The minimum atomic E-state index is 0.0493. The molecule has 1 atom stereocenters. The number of aromatic nitrogens is 3. The highest BCUT2D eigenvalue weighted by Gasteiger charge is 2.32. The van der Waals surface area contributed by atoms with Crippen molar-refractivity contribution in [2.45, 2.75) is 38.8 Å². The number of hydrogen-bond donors (Lipinski definition) is 0. The molecule has 3 aromatic rings. The van der Waals surface area contributed by atoms with Gasteiger partial charge in [0, 0.05) is 39.1 Å². The van der Waals surface area contributed by atoms with Crippen molar-refractivity contribution in [2.24, 2.45) is 13.0 Å². The van der Waals surface area contributed by atoms with E-state index in [1.54, 1.807) is 4.68 Å². The third-order valence-electron chi connectivity index (χ3n) is 6.66. The van der Waals surface area contributed by atoms with Gasteiger partial charge in [-0.2, -0.15) is 5.10 Å². The van der Waals surface area contributed by atoms with E-state index in [-0.39, 0.29) is 11.9 Å². The van der Waals surface area contributed by atoms with E-state index in [0.29, 0.717) is 11.6 Å². The molecule has 32 heavy (non-hydrogen) atoms. The Hall–Kier alpha value is -2.99. The molecule has 2 aromatic heterocycles. The SMILES string of the molecule is Cc1cc(C(=O)N(C)[C@H](Cc2ccccc2)C2CCN(Cc3ccncc3)CC2)n(C)n1. The molecule has 1 aromatic carbocycles. The molecule has 1 saturated heterocycles. The summed E-state index contributed by atoms with van der Waals surface area (Å²) in [6, 6.07) is 16.8. The number of carbonyl (C=O) groups is 1. The summed E-state index contributed by atoms with van der Waals surface area (Å²) in [5.41, 5.74) is 4.10. The topological polar surface area (TPSA) is 54.3 Å². The predicted octanol–water partition coefficient (Wildman–Crippen LogP) is 3.72. The van der Waals surface area contributed by atoms with Crippen LogP contribution in [0.25, 0.3) is 0 Å². The van der Waals surface area contributed by atoms with Crippen molar-refractivity contribution in [3.05, 3.63) is 83.4 Å². The van der Waals surface area contributed by atoms with Gasteiger partial charge in [0.1, 0.15) is 5.69 Å². The van der Waals surface area contributed by atoms with Crippen LogP contribution in [0.3, 0.4) is 0 Å². The Labute approximate surface area is 190 Å². The van der Waals surface area contributed by atoms with Crippen LogP contribution in [0.2, 0.25) is 0 Å². The van der Waals surface area contributed by atoms with Crippen LogP contribution in [0.5, 0.6) is 0 Å². The molecule has 0 spiro atoms. The van der Waals surface area contributed by atoms with E-state index in [1.165, 1.54) is 11.1 Å². The number of aryl methyl sites for hydroxylation is 2. The molecule has 0 bridgehead atoms. The number of benzene rings is 1. The van der Waals surface area contributed by atoms with E-state index in [9.17, 15) is 4.79 Å². The van der Waals surface area contributed by atoms with E-state index in [4.69, 9.17) is 0 Å². The van der Waals surface area contributed by atoms with Crippen LogP contribution in [-0.2, 0) is 20.0 Å². The summed E-state index contributed by atoms with van der Waals surface area (Å²) in [6.07, 6.45) is 6.77. The number of piperidine rings is 1. The summed E-state index contributed by atoms with van der Waals surface area (Å²) in [5, 5.41) is 4.38. The fraction of sp³-hybridized carbons (Fsp3) is 0.423. The second kappa shape index (κ2) is 10.1. The highest BCUT2D eigenvalue weighted by Crippen LogP contribution is 2.28. The van der Waals surface area contributed by atoms with Crippen LogP contribution in [-0.4, -0.2) is 56.7 Å². The van der Waals surface area contributed by atoms with Gasteiger partial charge in [-0.3, -0.25) is 19.4 Å². The van der Waals surface area contributed by atoms with Gasteiger partial charge >= 0.3 is 0 Å². The molecular formula is C26H33N5O. The first-order valence-corrected chi connectivity index (χ1v) is 11.4.